The molecule has 1 aliphatic carbocycles. The quantitative estimate of drug-likeness (QED) is 0.786. The molecule has 1 rings (SSSR count). The highest BCUT2D eigenvalue weighted by molar-refractivity contribution is 4.98. The Kier molecular flexibility index (Phi) is 6.13. The van der Waals surface area contributed by atoms with Crippen molar-refractivity contribution in [1.29, 1.82) is 0 Å². The van der Waals surface area contributed by atoms with Gasteiger partial charge in [0.25, 0.3) is 0 Å². The molecule has 0 aliphatic heterocycles. The van der Waals surface area contributed by atoms with Crippen LogP contribution in [0.3, 0.4) is 0 Å². The van der Waals surface area contributed by atoms with Crippen LogP contribution in [0.4, 0.5) is 0 Å². The molecule has 0 bridgehead atoms. The maximum atomic E-state index is 6.24. The molecule has 2 N–H and O–H groups in total. The van der Waals surface area contributed by atoms with E-state index in [-0.39, 0.29) is 5.54 Å². The molecule has 0 aromatic carbocycles. The van der Waals surface area contributed by atoms with E-state index in [1.54, 1.807) is 0 Å². The number of rotatable bonds is 6. The zero-order valence-electron chi connectivity index (χ0n) is 13.2. The van der Waals surface area contributed by atoms with E-state index in [4.69, 9.17) is 5.73 Å². The van der Waals surface area contributed by atoms with Gasteiger partial charge in [-0.2, -0.15) is 0 Å². The normalized spacial score (nSPS) is 29.5. The van der Waals surface area contributed by atoms with E-state index >= 15 is 0 Å². The van der Waals surface area contributed by atoms with Crippen LogP contribution in [0.25, 0.3) is 0 Å². The highest BCUT2D eigenvalue weighted by Crippen LogP contribution is 2.38. The summed E-state index contributed by atoms with van der Waals surface area (Å²) < 4.78 is 0. The minimum atomic E-state index is 0.271. The monoisotopic (exact) mass is 254 g/mol. The fraction of sp³-hybridized carbons (Fsp3) is 1.00. The van der Waals surface area contributed by atoms with Crippen molar-refractivity contribution >= 4 is 0 Å². The van der Waals surface area contributed by atoms with Crippen molar-refractivity contribution in [1.82, 2.24) is 4.90 Å². The van der Waals surface area contributed by atoms with Crippen molar-refractivity contribution in [2.24, 2.45) is 23.5 Å². The van der Waals surface area contributed by atoms with Gasteiger partial charge in [0.05, 0.1) is 0 Å². The van der Waals surface area contributed by atoms with Gasteiger partial charge in [-0.25, -0.2) is 0 Å². The average molecular weight is 254 g/mol. The Hall–Kier alpha value is -0.0800. The third-order valence-corrected chi connectivity index (χ3v) is 4.57. The second kappa shape index (κ2) is 6.91. The smallest absolute Gasteiger partial charge is 0.0357 e. The molecule has 2 unspecified atom stereocenters. The molecular weight excluding hydrogens is 220 g/mol. The summed E-state index contributed by atoms with van der Waals surface area (Å²) in [6, 6.07) is 0. The summed E-state index contributed by atoms with van der Waals surface area (Å²) in [5, 5.41) is 0. The van der Waals surface area contributed by atoms with Crippen LogP contribution in [0.5, 0.6) is 0 Å². The summed E-state index contributed by atoms with van der Waals surface area (Å²) in [5.41, 5.74) is 6.51. The molecule has 18 heavy (non-hydrogen) atoms. The first kappa shape index (κ1) is 16.0. The lowest BCUT2D eigenvalue weighted by molar-refractivity contribution is -0.00263. The number of nitrogens with two attached hydrogens (primary N) is 1. The first-order valence-corrected chi connectivity index (χ1v) is 7.87. The van der Waals surface area contributed by atoms with Crippen molar-refractivity contribution in [2.75, 3.05) is 19.6 Å². The van der Waals surface area contributed by atoms with Crippen LogP contribution < -0.4 is 5.73 Å². The van der Waals surface area contributed by atoms with E-state index in [9.17, 15) is 0 Å². The summed E-state index contributed by atoms with van der Waals surface area (Å²) in [7, 11) is 0. The zero-order chi connectivity index (χ0) is 13.8. The van der Waals surface area contributed by atoms with E-state index in [0.717, 1.165) is 24.3 Å². The SMILES string of the molecule is CC(C)CN(CC(C)C)C1(CN)CCCCC1C. The molecule has 2 nitrogen and oxygen atoms in total. The first-order chi connectivity index (χ1) is 8.42. The third kappa shape index (κ3) is 3.71. The van der Waals surface area contributed by atoms with E-state index in [1.807, 2.05) is 0 Å². The Morgan fingerprint density at radius 3 is 2.06 bits per heavy atom. The van der Waals surface area contributed by atoms with Crippen molar-refractivity contribution in [3.63, 3.8) is 0 Å². The number of nitrogens with zero attached hydrogens (tertiary/aromatic N) is 1. The highest BCUT2D eigenvalue weighted by atomic mass is 15.2. The van der Waals surface area contributed by atoms with Gasteiger partial charge < -0.3 is 5.73 Å². The zero-order valence-corrected chi connectivity index (χ0v) is 13.2. The summed E-state index contributed by atoms with van der Waals surface area (Å²) >= 11 is 0. The molecule has 108 valence electrons. The van der Waals surface area contributed by atoms with Crippen molar-refractivity contribution in [3.05, 3.63) is 0 Å². The lowest BCUT2D eigenvalue weighted by Gasteiger charge is -2.51. The Labute approximate surface area is 114 Å². The molecular formula is C16H34N2. The van der Waals surface area contributed by atoms with Crippen LogP contribution in [0, 0.1) is 17.8 Å². The van der Waals surface area contributed by atoms with Crippen molar-refractivity contribution in [3.8, 4) is 0 Å². The molecule has 0 radical (unpaired) electrons. The van der Waals surface area contributed by atoms with Gasteiger partial charge in [0.15, 0.2) is 0 Å². The van der Waals surface area contributed by atoms with E-state index in [1.165, 1.54) is 38.8 Å². The van der Waals surface area contributed by atoms with E-state index in [2.05, 4.69) is 39.5 Å². The van der Waals surface area contributed by atoms with Gasteiger partial charge in [0, 0.05) is 25.2 Å². The summed E-state index contributed by atoms with van der Waals surface area (Å²) in [4.78, 5) is 2.73. The molecule has 2 heteroatoms. The molecule has 2 atom stereocenters. The number of hydrogen-bond acceptors (Lipinski definition) is 2. The Morgan fingerprint density at radius 1 is 1.11 bits per heavy atom. The Morgan fingerprint density at radius 2 is 1.67 bits per heavy atom. The van der Waals surface area contributed by atoms with Crippen molar-refractivity contribution in [2.45, 2.75) is 65.8 Å². The van der Waals surface area contributed by atoms with Gasteiger partial charge in [-0.3, -0.25) is 4.90 Å². The van der Waals surface area contributed by atoms with E-state index in [0.29, 0.717) is 0 Å². The van der Waals surface area contributed by atoms with Crippen LogP contribution in [0.1, 0.15) is 60.3 Å². The van der Waals surface area contributed by atoms with Gasteiger partial charge in [-0.15, -0.1) is 0 Å². The van der Waals surface area contributed by atoms with Gasteiger partial charge >= 0.3 is 0 Å². The van der Waals surface area contributed by atoms with Crippen LogP contribution in [0.2, 0.25) is 0 Å². The molecule has 0 spiro atoms. The molecule has 1 fully saturated rings. The molecule has 0 aromatic heterocycles. The first-order valence-electron chi connectivity index (χ1n) is 7.87. The van der Waals surface area contributed by atoms with Gasteiger partial charge in [0.1, 0.15) is 0 Å². The van der Waals surface area contributed by atoms with Crippen LogP contribution in [-0.2, 0) is 0 Å². The van der Waals surface area contributed by atoms with Crippen molar-refractivity contribution < 1.29 is 0 Å². The van der Waals surface area contributed by atoms with Gasteiger partial charge in [-0.1, -0.05) is 47.5 Å². The Balaban J connectivity index is 2.89. The summed E-state index contributed by atoms with van der Waals surface area (Å²) in [5.74, 6) is 2.19. The van der Waals surface area contributed by atoms with Crippen LogP contribution in [-0.4, -0.2) is 30.1 Å². The lowest BCUT2D eigenvalue weighted by atomic mass is 9.72. The highest BCUT2D eigenvalue weighted by Gasteiger charge is 2.42. The van der Waals surface area contributed by atoms with E-state index < -0.39 is 0 Å². The predicted molar refractivity (Wildman–Crippen MR) is 80.7 cm³/mol. The molecule has 1 saturated carbocycles. The lowest BCUT2D eigenvalue weighted by Crippen LogP contribution is -2.60. The maximum Gasteiger partial charge on any atom is 0.0357 e. The fourth-order valence-electron chi connectivity index (χ4n) is 3.62. The van der Waals surface area contributed by atoms with Crippen LogP contribution >= 0.6 is 0 Å². The Bertz CT molecular complexity index is 227. The maximum absolute atomic E-state index is 6.24. The summed E-state index contributed by atoms with van der Waals surface area (Å²) in [6.07, 6.45) is 5.39. The van der Waals surface area contributed by atoms with Gasteiger partial charge in [0.2, 0.25) is 0 Å². The largest absolute Gasteiger partial charge is 0.329 e. The summed E-state index contributed by atoms with van der Waals surface area (Å²) in [6.45, 7) is 14.9. The number of hydrogen-bond donors (Lipinski definition) is 1. The second-order valence-electron chi connectivity index (χ2n) is 7.15. The molecule has 0 aromatic rings. The van der Waals surface area contributed by atoms with Crippen LogP contribution in [0.15, 0.2) is 0 Å². The minimum absolute atomic E-state index is 0.271. The fourth-order valence-corrected chi connectivity index (χ4v) is 3.62. The standard InChI is InChI=1S/C16H34N2/c1-13(2)10-18(11-14(3)4)16(12-17)9-7-6-8-15(16)5/h13-15H,6-12,17H2,1-5H3. The average Bonchev–Trinajstić information content (AvgIpc) is 2.28. The minimum Gasteiger partial charge on any atom is -0.329 e. The second-order valence-corrected chi connectivity index (χ2v) is 7.15. The molecule has 0 amide bonds. The predicted octanol–water partition coefficient (Wildman–Crippen LogP) is 3.51. The third-order valence-electron chi connectivity index (χ3n) is 4.57. The molecule has 0 heterocycles. The molecule has 0 saturated heterocycles. The topological polar surface area (TPSA) is 29.3 Å². The molecule has 1 aliphatic rings. The van der Waals surface area contributed by atoms with Gasteiger partial charge in [-0.05, 0) is 30.6 Å².